The first-order valence-electron chi connectivity index (χ1n) is 6.17. The summed E-state index contributed by atoms with van der Waals surface area (Å²) in [6.45, 7) is 3.58. The molecule has 0 saturated heterocycles. The minimum Gasteiger partial charge on any atom is -0.369 e. The summed E-state index contributed by atoms with van der Waals surface area (Å²) in [5.74, 6) is 1.65. The van der Waals surface area contributed by atoms with Crippen LogP contribution in [0.25, 0.3) is 10.2 Å². The van der Waals surface area contributed by atoms with Gasteiger partial charge in [0, 0.05) is 6.54 Å². The standard InChI is InChI=1S/C12H14N6S/c1-2-4-14-11-9-3-5-19-12(9)17-10(16-11)6-18-8-13-7-15-18/h3,5,7-8H,2,4,6H2,1H3,(H,14,16,17). The van der Waals surface area contributed by atoms with Crippen molar-refractivity contribution in [2.45, 2.75) is 19.9 Å². The molecule has 3 aromatic heterocycles. The molecule has 0 saturated carbocycles. The first-order chi connectivity index (χ1) is 9.36. The molecule has 0 amide bonds. The van der Waals surface area contributed by atoms with Gasteiger partial charge in [0.25, 0.3) is 0 Å². The highest BCUT2D eigenvalue weighted by Gasteiger charge is 2.09. The quantitative estimate of drug-likeness (QED) is 0.772. The Morgan fingerprint density at radius 2 is 2.32 bits per heavy atom. The van der Waals surface area contributed by atoms with Gasteiger partial charge in [-0.25, -0.2) is 19.6 Å². The fraction of sp³-hybridized carbons (Fsp3) is 0.333. The molecule has 0 spiro atoms. The third-order valence-electron chi connectivity index (χ3n) is 2.68. The van der Waals surface area contributed by atoms with Crippen LogP contribution in [0.1, 0.15) is 19.2 Å². The van der Waals surface area contributed by atoms with Crippen LogP contribution in [-0.4, -0.2) is 31.3 Å². The molecule has 1 N–H and O–H groups in total. The normalized spacial score (nSPS) is 11.0. The maximum atomic E-state index is 4.58. The molecule has 98 valence electrons. The molecule has 0 aliphatic carbocycles. The van der Waals surface area contributed by atoms with Crippen molar-refractivity contribution in [1.29, 1.82) is 0 Å². The highest BCUT2D eigenvalue weighted by molar-refractivity contribution is 7.16. The Morgan fingerprint density at radius 3 is 3.11 bits per heavy atom. The van der Waals surface area contributed by atoms with E-state index >= 15 is 0 Å². The topological polar surface area (TPSA) is 68.5 Å². The zero-order chi connectivity index (χ0) is 13.1. The smallest absolute Gasteiger partial charge is 0.153 e. The molecule has 0 aliphatic rings. The van der Waals surface area contributed by atoms with Gasteiger partial charge in [0.15, 0.2) is 5.82 Å². The molecule has 7 heteroatoms. The van der Waals surface area contributed by atoms with Gasteiger partial charge in [-0.3, -0.25) is 0 Å². The molecular weight excluding hydrogens is 260 g/mol. The molecule has 6 nitrogen and oxygen atoms in total. The number of hydrogen-bond donors (Lipinski definition) is 1. The predicted octanol–water partition coefficient (Wildman–Crippen LogP) is 2.15. The summed E-state index contributed by atoms with van der Waals surface area (Å²) in [5.41, 5.74) is 0. The van der Waals surface area contributed by atoms with Crippen LogP contribution in [-0.2, 0) is 6.54 Å². The Kier molecular flexibility index (Phi) is 3.37. The Labute approximate surface area is 114 Å². The fourth-order valence-electron chi connectivity index (χ4n) is 1.81. The first-order valence-corrected chi connectivity index (χ1v) is 7.05. The van der Waals surface area contributed by atoms with Gasteiger partial charge < -0.3 is 5.32 Å². The second kappa shape index (κ2) is 5.31. The van der Waals surface area contributed by atoms with Gasteiger partial charge in [-0.1, -0.05) is 6.92 Å². The van der Waals surface area contributed by atoms with E-state index in [-0.39, 0.29) is 0 Å². The Hall–Kier alpha value is -2.02. The highest BCUT2D eigenvalue weighted by atomic mass is 32.1. The van der Waals surface area contributed by atoms with Crippen molar-refractivity contribution in [3.63, 3.8) is 0 Å². The molecule has 0 aromatic carbocycles. The summed E-state index contributed by atoms with van der Waals surface area (Å²) in [6.07, 6.45) is 4.25. The summed E-state index contributed by atoms with van der Waals surface area (Å²) in [7, 11) is 0. The van der Waals surface area contributed by atoms with E-state index in [1.54, 1.807) is 22.3 Å². The number of nitrogens with zero attached hydrogens (tertiary/aromatic N) is 5. The van der Waals surface area contributed by atoms with Gasteiger partial charge in [0.1, 0.15) is 29.8 Å². The van der Waals surface area contributed by atoms with Crippen LogP contribution in [0.5, 0.6) is 0 Å². The summed E-state index contributed by atoms with van der Waals surface area (Å²) in [6, 6.07) is 2.05. The van der Waals surface area contributed by atoms with Crippen LogP contribution in [0.15, 0.2) is 24.1 Å². The van der Waals surface area contributed by atoms with Crippen LogP contribution < -0.4 is 5.32 Å². The Balaban J connectivity index is 1.95. The molecule has 19 heavy (non-hydrogen) atoms. The van der Waals surface area contributed by atoms with Crippen LogP contribution in [0.3, 0.4) is 0 Å². The Bertz CT molecular complexity index is 660. The summed E-state index contributed by atoms with van der Waals surface area (Å²) in [5, 5.41) is 10.6. The van der Waals surface area contributed by atoms with E-state index in [2.05, 4.69) is 38.4 Å². The minimum absolute atomic E-state index is 0.536. The average molecular weight is 274 g/mol. The molecule has 3 rings (SSSR count). The summed E-state index contributed by atoms with van der Waals surface area (Å²) in [4.78, 5) is 14.1. The summed E-state index contributed by atoms with van der Waals surface area (Å²) >= 11 is 1.63. The lowest BCUT2D eigenvalue weighted by atomic mass is 10.3. The molecular formula is C12H14N6S. The van der Waals surface area contributed by atoms with Crippen molar-refractivity contribution in [3.05, 3.63) is 29.9 Å². The number of thiophene rings is 1. The number of rotatable bonds is 5. The van der Waals surface area contributed by atoms with Crippen LogP contribution >= 0.6 is 11.3 Å². The van der Waals surface area contributed by atoms with Crippen molar-refractivity contribution >= 4 is 27.4 Å². The average Bonchev–Trinajstić information content (AvgIpc) is 3.06. The highest BCUT2D eigenvalue weighted by Crippen LogP contribution is 2.25. The molecule has 0 bridgehead atoms. The van der Waals surface area contributed by atoms with E-state index in [0.29, 0.717) is 6.54 Å². The van der Waals surface area contributed by atoms with Gasteiger partial charge >= 0.3 is 0 Å². The lowest BCUT2D eigenvalue weighted by Crippen LogP contribution is -2.08. The van der Waals surface area contributed by atoms with Gasteiger partial charge in [-0.2, -0.15) is 5.10 Å². The number of aromatic nitrogens is 5. The maximum absolute atomic E-state index is 4.58. The van der Waals surface area contributed by atoms with Crippen molar-refractivity contribution in [3.8, 4) is 0 Å². The third kappa shape index (κ3) is 2.55. The maximum Gasteiger partial charge on any atom is 0.153 e. The van der Waals surface area contributed by atoms with Crippen LogP contribution in [0.4, 0.5) is 5.82 Å². The predicted molar refractivity (Wildman–Crippen MR) is 75.3 cm³/mol. The third-order valence-corrected chi connectivity index (χ3v) is 3.49. The zero-order valence-corrected chi connectivity index (χ0v) is 11.4. The van der Waals surface area contributed by atoms with Gasteiger partial charge in [-0.15, -0.1) is 11.3 Å². The van der Waals surface area contributed by atoms with E-state index in [9.17, 15) is 0 Å². The number of hydrogen-bond acceptors (Lipinski definition) is 6. The fourth-order valence-corrected chi connectivity index (χ4v) is 2.59. The molecule has 0 unspecified atom stereocenters. The molecule has 0 aliphatic heterocycles. The molecule has 0 fully saturated rings. The van der Waals surface area contributed by atoms with E-state index < -0.39 is 0 Å². The van der Waals surface area contributed by atoms with E-state index in [0.717, 1.165) is 34.8 Å². The van der Waals surface area contributed by atoms with Crippen molar-refractivity contribution in [2.24, 2.45) is 0 Å². The molecule has 3 aromatic rings. The first kappa shape index (κ1) is 12.0. The SMILES string of the molecule is CCCNc1nc(Cn2cncn2)nc2sccc12. The molecule has 3 heterocycles. The second-order valence-corrected chi connectivity index (χ2v) is 5.04. The molecule has 0 atom stereocenters. The van der Waals surface area contributed by atoms with Gasteiger partial charge in [0.05, 0.1) is 5.39 Å². The van der Waals surface area contributed by atoms with Gasteiger partial charge in [0.2, 0.25) is 0 Å². The van der Waals surface area contributed by atoms with E-state index in [1.807, 2.05) is 5.38 Å². The van der Waals surface area contributed by atoms with Crippen molar-refractivity contribution < 1.29 is 0 Å². The number of nitrogens with one attached hydrogen (secondary N) is 1. The second-order valence-electron chi connectivity index (χ2n) is 4.15. The minimum atomic E-state index is 0.536. The number of anilines is 1. The van der Waals surface area contributed by atoms with Crippen molar-refractivity contribution in [2.75, 3.05) is 11.9 Å². The van der Waals surface area contributed by atoms with E-state index in [4.69, 9.17) is 0 Å². The van der Waals surface area contributed by atoms with E-state index in [1.165, 1.54) is 6.33 Å². The molecule has 0 radical (unpaired) electrons. The lowest BCUT2D eigenvalue weighted by Gasteiger charge is -2.07. The lowest BCUT2D eigenvalue weighted by molar-refractivity contribution is 0.657. The Morgan fingerprint density at radius 1 is 1.37 bits per heavy atom. The zero-order valence-electron chi connectivity index (χ0n) is 10.6. The largest absolute Gasteiger partial charge is 0.369 e. The summed E-state index contributed by atoms with van der Waals surface area (Å²) < 4.78 is 1.72. The monoisotopic (exact) mass is 274 g/mol. The van der Waals surface area contributed by atoms with Gasteiger partial charge in [-0.05, 0) is 17.9 Å². The van der Waals surface area contributed by atoms with Crippen LogP contribution in [0.2, 0.25) is 0 Å². The van der Waals surface area contributed by atoms with Crippen molar-refractivity contribution in [1.82, 2.24) is 24.7 Å². The number of fused-ring (bicyclic) bond motifs is 1. The van der Waals surface area contributed by atoms with Crippen LogP contribution in [0, 0.1) is 0 Å².